The minimum absolute atomic E-state index is 0.0557. The Morgan fingerprint density at radius 2 is 2.36 bits per heavy atom. The summed E-state index contributed by atoms with van der Waals surface area (Å²) in [6.45, 7) is 2.86. The van der Waals surface area contributed by atoms with Gasteiger partial charge in [-0.05, 0) is 26.3 Å². The van der Waals surface area contributed by atoms with Gasteiger partial charge in [0.1, 0.15) is 5.82 Å². The van der Waals surface area contributed by atoms with E-state index in [9.17, 15) is 4.79 Å². The van der Waals surface area contributed by atoms with Crippen LogP contribution in [0.5, 0.6) is 0 Å². The van der Waals surface area contributed by atoms with E-state index in [1.165, 1.54) is 18.9 Å². The molecule has 1 aliphatic rings. The van der Waals surface area contributed by atoms with Crippen LogP contribution in [0.4, 0.5) is 0 Å². The van der Waals surface area contributed by atoms with Crippen molar-refractivity contribution in [3.05, 3.63) is 27.9 Å². The maximum Gasteiger partial charge on any atom is 0.251 e. The highest BCUT2D eigenvalue weighted by Gasteiger charge is 2.16. The van der Waals surface area contributed by atoms with Gasteiger partial charge in [0.05, 0.1) is 6.04 Å². The van der Waals surface area contributed by atoms with Crippen molar-refractivity contribution in [3.8, 4) is 0 Å². The van der Waals surface area contributed by atoms with Crippen molar-refractivity contribution in [2.75, 3.05) is 6.54 Å². The number of aromatic amines is 1. The zero-order chi connectivity index (χ0) is 9.97. The summed E-state index contributed by atoms with van der Waals surface area (Å²) in [6.07, 6.45) is 3.48. The fourth-order valence-corrected chi connectivity index (χ4v) is 1.85. The summed E-state index contributed by atoms with van der Waals surface area (Å²) in [5.41, 5.74) is 0.732. The summed E-state index contributed by atoms with van der Waals surface area (Å²) in [6, 6.07) is 1.75. The van der Waals surface area contributed by atoms with Crippen molar-refractivity contribution in [3.63, 3.8) is 0 Å². The maximum absolute atomic E-state index is 11.2. The first-order valence-electron chi connectivity index (χ1n) is 5.07. The first-order valence-corrected chi connectivity index (χ1v) is 5.07. The van der Waals surface area contributed by atoms with E-state index in [2.05, 4.69) is 15.3 Å². The van der Waals surface area contributed by atoms with Gasteiger partial charge in [0.2, 0.25) is 0 Å². The van der Waals surface area contributed by atoms with E-state index >= 15 is 0 Å². The standard InChI is InChI=1S/C10H15N3O/c1-7-6-9(14)13-10(12-7)8-4-2-3-5-11-8/h6,8,11H,2-5H2,1H3,(H,12,13,14). The van der Waals surface area contributed by atoms with Gasteiger partial charge in [0.15, 0.2) is 0 Å². The van der Waals surface area contributed by atoms with E-state index in [0.717, 1.165) is 24.5 Å². The molecule has 1 fully saturated rings. The lowest BCUT2D eigenvalue weighted by molar-refractivity contribution is 0.396. The lowest BCUT2D eigenvalue weighted by Crippen LogP contribution is -2.30. The van der Waals surface area contributed by atoms with Crippen molar-refractivity contribution in [1.82, 2.24) is 15.3 Å². The van der Waals surface area contributed by atoms with Crippen LogP contribution in [-0.2, 0) is 0 Å². The van der Waals surface area contributed by atoms with Crippen LogP contribution in [0.3, 0.4) is 0 Å². The highest BCUT2D eigenvalue weighted by Crippen LogP contribution is 2.18. The van der Waals surface area contributed by atoms with Gasteiger partial charge in [-0.2, -0.15) is 0 Å². The molecule has 1 aromatic rings. The van der Waals surface area contributed by atoms with Crippen molar-refractivity contribution in [2.24, 2.45) is 0 Å². The molecule has 1 unspecified atom stereocenters. The van der Waals surface area contributed by atoms with Crippen LogP contribution in [0.1, 0.15) is 36.8 Å². The third kappa shape index (κ3) is 2.01. The average Bonchev–Trinajstić information content (AvgIpc) is 2.18. The predicted octanol–water partition coefficient (Wildman–Crippen LogP) is 0.893. The van der Waals surface area contributed by atoms with Gasteiger partial charge in [-0.3, -0.25) is 4.79 Å². The summed E-state index contributed by atoms with van der Waals surface area (Å²) in [5.74, 6) is 0.787. The van der Waals surface area contributed by atoms with Crippen LogP contribution in [-0.4, -0.2) is 16.5 Å². The molecule has 1 aromatic heterocycles. The first kappa shape index (κ1) is 9.40. The molecule has 1 aliphatic heterocycles. The van der Waals surface area contributed by atoms with Gasteiger partial charge in [0, 0.05) is 11.8 Å². The van der Waals surface area contributed by atoms with E-state index in [1.807, 2.05) is 6.92 Å². The zero-order valence-electron chi connectivity index (χ0n) is 8.34. The Morgan fingerprint density at radius 3 is 3.00 bits per heavy atom. The lowest BCUT2D eigenvalue weighted by Gasteiger charge is -2.22. The number of nitrogens with one attached hydrogen (secondary N) is 2. The number of piperidine rings is 1. The van der Waals surface area contributed by atoms with Crippen molar-refractivity contribution < 1.29 is 0 Å². The Labute approximate surface area is 82.8 Å². The van der Waals surface area contributed by atoms with Gasteiger partial charge in [-0.1, -0.05) is 6.42 Å². The number of aromatic nitrogens is 2. The van der Waals surface area contributed by atoms with Gasteiger partial charge < -0.3 is 10.3 Å². The van der Waals surface area contributed by atoms with Crippen LogP contribution >= 0.6 is 0 Å². The molecule has 2 rings (SSSR count). The molecule has 0 saturated carbocycles. The third-order valence-electron chi connectivity index (χ3n) is 2.53. The summed E-state index contributed by atoms with van der Waals surface area (Å²) in [4.78, 5) is 18.4. The third-order valence-corrected chi connectivity index (χ3v) is 2.53. The molecule has 0 radical (unpaired) electrons. The Balaban J connectivity index is 2.26. The van der Waals surface area contributed by atoms with Crippen LogP contribution in [0.2, 0.25) is 0 Å². The summed E-state index contributed by atoms with van der Waals surface area (Å²) < 4.78 is 0. The van der Waals surface area contributed by atoms with Crippen molar-refractivity contribution in [2.45, 2.75) is 32.2 Å². The summed E-state index contributed by atoms with van der Waals surface area (Å²) in [7, 11) is 0. The molecule has 0 aromatic carbocycles. The van der Waals surface area contributed by atoms with Crippen LogP contribution < -0.4 is 10.9 Å². The minimum atomic E-state index is -0.0557. The molecule has 0 aliphatic carbocycles. The number of H-pyrrole nitrogens is 1. The van der Waals surface area contributed by atoms with Crippen molar-refractivity contribution >= 4 is 0 Å². The number of hydrogen-bond donors (Lipinski definition) is 2. The Kier molecular flexibility index (Phi) is 2.63. The van der Waals surface area contributed by atoms with Crippen molar-refractivity contribution in [1.29, 1.82) is 0 Å². The fraction of sp³-hybridized carbons (Fsp3) is 0.600. The normalized spacial score (nSPS) is 22.2. The second kappa shape index (κ2) is 3.92. The molecule has 0 spiro atoms. The molecule has 0 bridgehead atoms. The number of rotatable bonds is 1. The van der Waals surface area contributed by atoms with Crippen LogP contribution in [0, 0.1) is 6.92 Å². The Morgan fingerprint density at radius 1 is 1.50 bits per heavy atom. The largest absolute Gasteiger partial charge is 0.309 e. The number of hydrogen-bond acceptors (Lipinski definition) is 3. The Hall–Kier alpha value is -1.16. The van der Waals surface area contributed by atoms with Gasteiger partial charge in [0.25, 0.3) is 5.56 Å². The predicted molar refractivity (Wildman–Crippen MR) is 54.2 cm³/mol. The van der Waals surface area contributed by atoms with Gasteiger partial charge >= 0.3 is 0 Å². The quantitative estimate of drug-likeness (QED) is 0.696. The topological polar surface area (TPSA) is 57.8 Å². The molecule has 2 heterocycles. The molecular weight excluding hydrogens is 178 g/mol. The molecule has 14 heavy (non-hydrogen) atoms. The highest BCUT2D eigenvalue weighted by atomic mass is 16.1. The maximum atomic E-state index is 11.2. The van der Waals surface area contributed by atoms with Gasteiger partial charge in [-0.15, -0.1) is 0 Å². The second-order valence-corrected chi connectivity index (χ2v) is 3.77. The number of aryl methyl sites for hydroxylation is 1. The highest BCUT2D eigenvalue weighted by molar-refractivity contribution is 5.04. The SMILES string of the molecule is Cc1cc(=O)[nH]c(C2CCCCN2)n1. The lowest BCUT2D eigenvalue weighted by atomic mass is 10.0. The van der Waals surface area contributed by atoms with Gasteiger partial charge in [-0.25, -0.2) is 4.98 Å². The van der Waals surface area contributed by atoms with E-state index in [-0.39, 0.29) is 11.6 Å². The summed E-state index contributed by atoms with van der Waals surface area (Å²) >= 11 is 0. The van der Waals surface area contributed by atoms with E-state index < -0.39 is 0 Å². The van der Waals surface area contributed by atoms with Crippen LogP contribution in [0.25, 0.3) is 0 Å². The molecule has 76 valence electrons. The monoisotopic (exact) mass is 193 g/mol. The molecule has 4 heteroatoms. The molecule has 4 nitrogen and oxygen atoms in total. The van der Waals surface area contributed by atoms with Crippen LogP contribution in [0.15, 0.2) is 10.9 Å². The minimum Gasteiger partial charge on any atom is -0.309 e. The van der Waals surface area contributed by atoms with E-state index in [0.29, 0.717) is 0 Å². The molecule has 1 saturated heterocycles. The Bertz CT molecular complexity index is 366. The average molecular weight is 193 g/mol. The molecular formula is C10H15N3O. The number of nitrogens with zero attached hydrogens (tertiary/aromatic N) is 1. The molecule has 0 amide bonds. The second-order valence-electron chi connectivity index (χ2n) is 3.77. The summed E-state index contributed by atoms with van der Waals surface area (Å²) in [5, 5.41) is 3.36. The first-order chi connectivity index (χ1) is 6.75. The molecule has 2 N–H and O–H groups in total. The molecule has 1 atom stereocenters. The van der Waals surface area contributed by atoms with E-state index in [4.69, 9.17) is 0 Å². The fourth-order valence-electron chi connectivity index (χ4n) is 1.85. The zero-order valence-corrected chi connectivity index (χ0v) is 8.34. The smallest absolute Gasteiger partial charge is 0.251 e. The van der Waals surface area contributed by atoms with E-state index in [1.54, 1.807) is 0 Å².